The zero-order chi connectivity index (χ0) is 22.0. The number of halogens is 1. The molecule has 0 aliphatic rings. The lowest BCUT2D eigenvalue weighted by Gasteiger charge is -2.14. The Morgan fingerprint density at radius 2 is 1.77 bits per heavy atom. The SMILES string of the molecule is COc1cc(-n2cnc(Nc3nc(Cl)nc4cc(C#N)ccc34)c2)cc(OC)c1OC. The fourth-order valence-corrected chi connectivity index (χ4v) is 3.31. The van der Waals surface area contributed by atoms with Crippen molar-refractivity contribution in [3.63, 3.8) is 0 Å². The molecule has 2 heterocycles. The Morgan fingerprint density at radius 3 is 2.42 bits per heavy atom. The minimum Gasteiger partial charge on any atom is -0.493 e. The average Bonchev–Trinajstić information content (AvgIpc) is 3.25. The van der Waals surface area contributed by atoms with Crippen LogP contribution in [0.25, 0.3) is 16.6 Å². The van der Waals surface area contributed by atoms with Gasteiger partial charge in [0.1, 0.15) is 18.0 Å². The van der Waals surface area contributed by atoms with Crippen LogP contribution in [0.3, 0.4) is 0 Å². The van der Waals surface area contributed by atoms with Gasteiger partial charge < -0.3 is 24.1 Å². The lowest BCUT2D eigenvalue weighted by atomic mass is 10.1. The van der Waals surface area contributed by atoms with E-state index in [4.69, 9.17) is 31.1 Å². The van der Waals surface area contributed by atoms with Gasteiger partial charge in [0, 0.05) is 17.5 Å². The molecule has 0 fully saturated rings. The van der Waals surface area contributed by atoms with Crippen molar-refractivity contribution in [2.75, 3.05) is 26.6 Å². The monoisotopic (exact) mass is 436 g/mol. The van der Waals surface area contributed by atoms with E-state index < -0.39 is 0 Å². The lowest BCUT2D eigenvalue weighted by Crippen LogP contribution is -1.99. The highest BCUT2D eigenvalue weighted by molar-refractivity contribution is 6.28. The van der Waals surface area contributed by atoms with Gasteiger partial charge in [-0.1, -0.05) is 0 Å². The quantitative estimate of drug-likeness (QED) is 0.450. The summed E-state index contributed by atoms with van der Waals surface area (Å²) >= 11 is 6.07. The van der Waals surface area contributed by atoms with Crippen LogP contribution < -0.4 is 19.5 Å². The van der Waals surface area contributed by atoms with Crippen molar-refractivity contribution in [1.82, 2.24) is 19.5 Å². The largest absolute Gasteiger partial charge is 0.493 e. The van der Waals surface area contributed by atoms with Gasteiger partial charge in [0.15, 0.2) is 11.5 Å². The Morgan fingerprint density at radius 1 is 1.03 bits per heavy atom. The number of nitriles is 1. The molecule has 0 radical (unpaired) electrons. The number of hydrogen-bond acceptors (Lipinski definition) is 8. The highest BCUT2D eigenvalue weighted by Crippen LogP contribution is 2.39. The molecule has 4 aromatic rings. The summed E-state index contributed by atoms with van der Waals surface area (Å²) in [5.74, 6) is 2.58. The number of aromatic nitrogens is 4. The van der Waals surface area contributed by atoms with Crippen molar-refractivity contribution in [3.05, 3.63) is 53.7 Å². The molecule has 2 aromatic carbocycles. The number of nitrogens with one attached hydrogen (secondary N) is 1. The standard InChI is InChI=1S/C21H17ClN6O3/c1-29-16-7-13(8-17(30-2)19(16)31-3)28-10-18(24-11-28)26-20-14-5-4-12(9-23)6-15(14)25-21(22)27-20/h4-8,10-11H,1-3H3,(H,25,26,27). The molecule has 0 saturated carbocycles. The smallest absolute Gasteiger partial charge is 0.224 e. The second-order valence-corrected chi connectivity index (χ2v) is 6.70. The lowest BCUT2D eigenvalue weighted by molar-refractivity contribution is 0.324. The molecule has 0 aliphatic carbocycles. The molecule has 0 spiro atoms. The van der Waals surface area contributed by atoms with E-state index >= 15 is 0 Å². The Balaban J connectivity index is 1.70. The number of ether oxygens (including phenoxy) is 3. The summed E-state index contributed by atoms with van der Waals surface area (Å²) in [7, 11) is 4.67. The molecule has 1 N–H and O–H groups in total. The van der Waals surface area contributed by atoms with Gasteiger partial charge in [-0.15, -0.1) is 0 Å². The minimum absolute atomic E-state index is 0.0640. The van der Waals surface area contributed by atoms with Crippen LogP contribution in [-0.4, -0.2) is 40.8 Å². The van der Waals surface area contributed by atoms with Crippen molar-refractivity contribution >= 4 is 34.1 Å². The summed E-state index contributed by atoms with van der Waals surface area (Å²) in [6, 6.07) is 10.8. The first-order valence-corrected chi connectivity index (χ1v) is 9.43. The van der Waals surface area contributed by atoms with Crippen LogP contribution in [0.2, 0.25) is 5.28 Å². The predicted octanol–water partition coefficient (Wildman–Crippen LogP) is 4.11. The van der Waals surface area contributed by atoms with Gasteiger partial charge in [0.05, 0.1) is 50.4 Å². The van der Waals surface area contributed by atoms with Crippen LogP contribution in [0.15, 0.2) is 42.9 Å². The topological polar surface area (TPSA) is 107 Å². The van der Waals surface area contributed by atoms with Crippen molar-refractivity contribution in [1.29, 1.82) is 5.26 Å². The maximum atomic E-state index is 9.11. The van der Waals surface area contributed by atoms with Gasteiger partial charge in [0.25, 0.3) is 0 Å². The summed E-state index contributed by atoms with van der Waals surface area (Å²) in [6.45, 7) is 0. The summed E-state index contributed by atoms with van der Waals surface area (Å²) in [4.78, 5) is 12.9. The van der Waals surface area contributed by atoms with E-state index in [9.17, 15) is 0 Å². The molecule has 9 nitrogen and oxygen atoms in total. The second kappa shape index (κ2) is 8.38. The van der Waals surface area contributed by atoms with Crippen LogP contribution in [0, 0.1) is 11.3 Å². The van der Waals surface area contributed by atoms with Gasteiger partial charge in [-0.25, -0.2) is 9.97 Å². The van der Waals surface area contributed by atoms with Crippen LogP contribution in [0.1, 0.15) is 5.56 Å². The normalized spacial score (nSPS) is 10.5. The highest BCUT2D eigenvalue weighted by atomic mass is 35.5. The highest BCUT2D eigenvalue weighted by Gasteiger charge is 2.15. The average molecular weight is 437 g/mol. The van der Waals surface area contributed by atoms with E-state index in [2.05, 4.69) is 26.3 Å². The van der Waals surface area contributed by atoms with Crippen molar-refractivity contribution in [2.45, 2.75) is 0 Å². The minimum atomic E-state index is 0.0640. The predicted molar refractivity (Wildman–Crippen MR) is 116 cm³/mol. The Bertz CT molecular complexity index is 1290. The van der Waals surface area contributed by atoms with Crippen molar-refractivity contribution in [3.8, 4) is 29.0 Å². The number of hydrogen-bond donors (Lipinski definition) is 1. The summed E-state index contributed by atoms with van der Waals surface area (Å²) in [5.41, 5.74) is 1.81. The molecule has 0 aliphatic heterocycles. The maximum absolute atomic E-state index is 9.11. The van der Waals surface area contributed by atoms with Gasteiger partial charge in [0.2, 0.25) is 11.0 Å². The number of imidazole rings is 1. The number of benzene rings is 2. The van der Waals surface area contributed by atoms with E-state index in [0.717, 1.165) is 5.69 Å². The summed E-state index contributed by atoms with van der Waals surface area (Å²) in [6.07, 6.45) is 3.42. The molecular formula is C21H17ClN6O3. The number of fused-ring (bicyclic) bond motifs is 1. The van der Waals surface area contributed by atoms with Crippen molar-refractivity contribution < 1.29 is 14.2 Å². The number of nitrogens with zero attached hydrogens (tertiary/aromatic N) is 5. The molecule has 4 rings (SSSR count). The molecule has 31 heavy (non-hydrogen) atoms. The van der Waals surface area contributed by atoms with Gasteiger partial charge in [-0.3, -0.25) is 0 Å². The summed E-state index contributed by atoms with van der Waals surface area (Å²) in [5, 5.41) is 13.0. The second-order valence-electron chi connectivity index (χ2n) is 6.36. The first-order chi connectivity index (χ1) is 15.1. The Kier molecular flexibility index (Phi) is 5.47. The molecule has 0 bridgehead atoms. The molecule has 0 unspecified atom stereocenters. The number of methoxy groups -OCH3 is 3. The summed E-state index contributed by atoms with van der Waals surface area (Å²) < 4.78 is 18.0. The number of anilines is 2. The fourth-order valence-electron chi connectivity index (χ4n) is 3.13. The van der Waals surface area contributed by atoms with Gasteiger partial charge in [-0.2, -0.15) is 10.2 Å². The van der Waals surface area contributed by atoms with E-state index in [1.807, 2.05) is 12.1 Å². The van der Waals surface area contributed by atoms with E-state index in [-0.39, 0.29) is 5.28 Å². The maximum Gasteiger partial charge on any atom is 0.224 e. The first kappa shape index (κ1) is 20.3. The molecular weight excluding hydrogens is 420 g/mol. The Hall–Kier alpha value is -4.03. The van der Waals surface area contributed by atoms with Crippen molar-refractivity contribution in [2.24, 2.45) is 0 Å². The molecule has 0 amide bonds. The molecule has 10 heteroatoms. The number of rotatable bonds is 6. The molecule has 0 atom stereocenters. The third-order valence-corrected chi connectivity index (χ3v) is 4.74. The third-order valence-electron chi connectivity index (χ3n) is 4.58. The van der Waals surface area contributed by atoms with E-state index in [0.29, 0.717) is 45.4 Å². The molecule has 0 saturated heterocycles. The molecule has 156 valence electrons. The third kappa shape index (κ3) is 3.89. The Labute approximate surface area is 182 Å². The first-order valence-electron chi connectivity index (χ1n) is 9.05. The van der Waals surface area contributed by atoms with Gasteiger partial charge in [-0.05, 0) is 29.8 Å². The van der Waals surface area contributed by atoms with Crippen LogP contribution in [-0.2, 0) is 0 Å². The fraction of sp³-hybridized carbons (Fsp3) is 0.143. The van der Waals surface area contributed by atoms with Gasteiger partial charge >= 0.3 is 0 Å². The molecule has 2 aromatic heterocycles. The van der Waals surface area contributed by atoms with E-state index in [1.54, 1.807) is 56.6 Å². The van der Waals surface area contributed by atoms with Crippen LogP contribution in [0.4, 0.5) is 11.6 Å². The van der Waals surface area contributed by atoms with Crippen LogP contribution in [0.5, 0.6) is 17.2 Å². The zero-order valence-corrected chi connectivity index (χ0v) is 17.6. The van der Waals surface area contributed by atoms with E-state index in [1.165, 1.54) is 0 Å². The van der Waals surface area contributed by atoms with Crippen LogP contribution >= 0.6 is 11.6 Å². The zero-order valence-electron chi connectivity index (χ0n) is 16.9.